The molecule has 0 bridgehead atoms. The first-order chi connectivity index (χ1) is 17.8. The van der Waals surface area contributed by atoms with E-state index in [2.05, 4.69) is 15.3 Å². The highest BCUT2D eigenvalue weighted by atomic mass is 35.5. The Labute approximate surface area is 223 Å². The lowest BCUT2D eigenvalue weighted by molar-refractivity contribution is 0.0595. The summed E-state index contributed by atoms with van der Waals surface area (Å²) in [5.41, 5.74) is 4.03. The lowest BCUT2D eigenvalue weighted by atomic mass is 10.0. The minimum absolute atomic E-state index is 0.175. The van der Waals surface area contributed by atoms with Crippen LogP contribution in [0.5, 0.6) is 0 Å². The number of halogens is 3. The third kappa shape index (κ3) is 5.18. The molecule has 0 spiro atoms. The molecule has 10 heteroatoms. The molecule has 1 atom stereocenters. The number of nitrogens with zero attached hydrogens (tertiary/aromatic N) is 4. The topological polar surface area (TPSA) is 83.3 Å². The number of amides is 1. The lowest BCUT2D eigenvalue weighted by Gasteiger charge is -2.29. The van der Waals surface area contributed by atoms with Gasteiger partial charge in [0.05, 0.1) is 29.1 Å². The van der Waals surface area contributed by atoms with Crippen LogP contribution in [0.25, 0.3) is 11.3 Å². The number of hydrogen-bond acceptors (Lipinski definition) is 5. The monoisotopic (exact) mass is 539 g/mol. The van der Waals surface area contributed by atoms with Gasteiger partial charge in [-0.3, -0.25) is 4.79 Å². The van der Waals surface area contributed by atoms with Crippen LogP contribution in [-0.4, -0.2) is 43.6 Å². The smallest absolute Gasteiger partial charge is 0.271 e. The van der Waals surface area contributed by atoms with Crippen molar-refractivity contribution in [1.82, 2.24) is 19.4 Å². The van der Waals surface area contributed by atoms with Gasteiger partial charge in [0, 0.05) is 36.1 Å². The van der Waals surface area contributed by atoms with E-state index in [9.17, 15) is 14.3 Å². The van der Waals surface area contributed by atoms with Crippen LogP contribution in [0.4, 0.5) is 16.0 Å². The molecule has 0 saturated carbocycles. The van der Waals surface area contributed by atoms with Crippen LogP contribution < -0.4 is 5.32 Å². The summed E-state index contributed by atoms with van der Waals surface area (Å²) in [4.78, 5) is 24.3. The predicted octanol–water partition coefficient (Wildman–Crippen LogP) is 6.02. The van der Waals surface area contributed by atoms with Gasteiger partial charge in [0.25, 0.3) is 5.91 Å². The van der Waals surface area contributed by atoms with E-state index in [-0.39, 0.29) is 17.5 Å². The van der Waals surface area contributed by atoms with Crippen molar-refractivity contribution in [3.8, 4) is 11.3 Å². The van der Waals surface area contributed by atoms with E-state index in [1.165, 1.54) is 18.2 Å². The Morgan fingerprint density at radius 3 is 2.76 bits per heavy atom. The van der Waals surface area contributed by atoms with Gasteiger partial charge >= 0.3 is 0 Å². The van der Waals surface area contributed by atoms with E-state index in [1.54, 1.807) is 23.2 Å². The fraction of sp³-hybridized carbons (Fsp3) is 0.222. The third-order valence-electron chi connectivity index (χ3n) is 6.38. The third-order valence-corrected chi connectivity index (χ3v) is 6.93. The number of nitrogens with one attached hydrogen (secondary N) is 1. The van der Waals surface area contributed by atoms with Crippen LogP contribution in [0.15, 0.2) is 60.9 Å². The van der Waals surface area contributed by atoms with Crippen molar-refractivity contribution in [2.45, 2.75) is 25.9 Å². The highest BCUT2D eigenvalue weighted by molar-refractivity contribution is 6.33. The van der Waals surface area contributed by atoms with Crippen LogP contribution in [0, 0.1) is 12.7 Å². The van der Waals surface area contributed by atoms with Crippen molar-refractivity contribution in [3.05, 3.63) is 93.6 Å². The van der Waals surface area contributed by atoms with Crippen LogP contribution >= 0.6 is 23.2 Å². The molecular formula is C27H24Cl2FN5O2. The van der Waals surface area contributed by atoms with Gasteiger partial charge in [-0.25, -0.2) is 14.4 Å². The number of anilines is 2. The summed E-state index contributed by atoms with van der Waals surface area (Å²) >= 11 is 12.3. The zero-order valence-corrected chi connectivity index (χ0v) is 21.5. The van der Waals surface area contributed by atoms with Gasteiger partial charge in [0.2, 0.25) is 5.95 Å². The van der Waals surface area contributed by atoms with Crippen molar-refractivity contribution in [2.24, 2.45) is 0 Å². The minimum Gasteiger partial charge on any atom is -0.394 e. The standard InChI is InChI=1S/C27H24Cl2FN5O2/c1-16-13-31-27(32-22-7-6-20(30)12-21(22)29)33-25(16)18-11-23-26(37)35(9-3-8-34(23)14-18)24(15-36)17-4-2-5-19(28)10-17/h2,4-7,10-14,24,36H,3,8-9,15H2,1H3,(H,31,32,33). The molecule has 2 aromatic carbocycles. The van der Waals surface area contributed by atoms with E-state index in [0.29, 0.717) is 41.1 Å². The van der Waals surface area contributed by atoms with Crippen LogP contribution in [0.1, 0.15) is 34.1 Å². The highest BCUT2D eigenvalue weighted by Crippen LogP contribution is 2.31. The molecule has 1 unspecified atom stereocenters. The SMILES string of the molecule is Cc1cnc(Nc2ccc(F)cc2Cl)nc1-c1cc2n(c1)CCCN(C(CO)c1cccc(Cl)c1)C2=O. The fourth-order valence-electron chi connectivity index (χ4n) is 4.57. The van der Waals surface area contributed by atoms with Gasteiger partial charge in [-0.2, -0.15) is 0 Å². The summed E-state index contributed by atoms with van der Waals surface area (Å²) in [5.74, 6) is -0.315. The minimum atomic E-state index is -0.506. The van der Waals surface area contributed by atoms with Crippen molar-refractivity contribution in [2.75, 3.05) is 18.5 Å². The van der Waals surface area contributed by atoms with E-state index in [0.717, 1.165) is 23.1 Å². The van der Waals surface area contributed by atoms with Gasteiger partial charge in [0.15, 0.2) is 0 Å². The molecule has 3 heterocycles. The molecule has 4 aromatic rings. The number of aryl methyl sites for hydroxylation is 2. The Balaban J connectivity index is 1.46. The molecule has 0 aliphatic carbocycles. The number of carbonyl (C=O) groups is 1. The second-order valence-corrected chi connectivity index (χ2v) is 9.73. The Morgan fingerprint density at radius 2 is 2.00 bits per heavy atom. The van der Waals surface area contributed by atoms with Gasteiger partial charge in [0.1, 0.15) is 11.5 Å². The summed E-state index contributed by atoms with van der Waals surface area (Å²) in [6, 6.07) is 12.6. The van der Waals surface area contributed by atoms with Gasteiger partial charge in [-0.15, -0.1) is 0 Å². The molecule has 5 rings (SSSR count). The van der Waals surface area contributed by atoms with Crippen LogP contribution in [0.2, 0.25) is 10.0 Å². The second kappa shape index (κ2) is 10.5. The molecule has 7 nitrogen and oxygen atoms in total. The molecule has 2 N–H and O–H groups in total. The molecule has 0 radical (unpaired) electrons. The van der Waals surface area contributed by atoms with Gasteiger partial charge < -0.3 is 19.9 Å². The maximum Gasteiger partial charge on any atom is 0.271 e. The number of aromatic nitrogens is 3. The number of benzene rings is 2. The molecule has 190 valence electrons. The normalized spacial score (nSPS) is 14.3. The zero-order chi connectivity index (χ0) is 26.1. The first-order valence-corrected chi connectivity index (χ1v) is 12.5. The van der Waals surface area contributed by atoms with E-state index < -0.39 is 11.9 Å². The number of carbonyl (C=O) groups excluding carboxylic acids is 1. The summed E-state index contributed by atoms with van der Waals surface area (Å²) < 4.78 is 15.3. The number of aliphatic hydroxyl groups excluding tert-OH is 1. The Hall–Kier alpha value is -3.46. The first kappa shape index (κ1) is 25.2. The number of rotatable bonds is 6. The predicted molar refractivity (Wildman–Crippen MR) is 142 cm³/mol. The fourth-order valence-corrected chi connectivity index (χ4v) is 4.98. The maximum atomic E-state index is 13.7. The molecule has 37 heavy (non-hydrogen) atoms. The molecule has 2 aromatic heterocycles. The molecule has 1 amide bonds. The summed E-state index contributed by atoms with van der Waals surface area (Å²) in [7, 11) is 0. The van der Waals surface area contributed by atoms with Crippen LogP contribution in [0.3, 0.4) is 0 Å². The number of aliphatic hydroxyl groups is 1. The van der Waals surface area contributed by atoms with E-state index in [1.807, 2.05) is 35.9 Å². The van der Waals surface area contributed by atoms with E-state index in [4.69, 9.17) is 23.2 Å². The molecule has 0 fully saturated rings. The Kier molecular flexibility index (Phi) is 7.15. The number of fused-ring (bicyclic) bond motifs is 1. The van der Waals surface area contributed by atoms with Gasteiger partial charge in [-0.05, 0) is 60.9 Å². The second-order valence-electron chi connectivity index (χ2n) is 8.89. The van der Waals surface area contributed by atoms with E-state index >= 15 is 0 Å². The summed E-state index contributed by atoms with van der Waals surface area (Å²) in [6.45, 7) is 2.83. The highest BCUT2D eigenvalue weighted by Gasteiger charge is 2.30. The largest absolute Gasteiger partial charge is 0.394 e. The van der Waals surface area contributed by atoms with Crippen molar-refractivity contribution < 1.29 is 14.3 Å². The van der Waals surface area contributed by atoms with Crippen LogP contribution in [-0.2, 0) is 6.54 Å². The molecule has 0 saturated heterocycles. The van der Waals surface area contributed by atoms with Gasteiger partial charge in [-0.1, -0.05) is 35.3 Å². The quantitative estimate of drug-likeness (QED) is 0.313. The van der Waals surface area contributed by atoms with Crippen molar-refractivity contribution in [1.29, 1.82) is 0 Å². The summed E-state index contributed by atoms with van der Waals surface area (Å²) in [5, 5.41) is 14.0. The average Bonchev–Trinajstić information content (AvgIpc) is 3.23. The van der Waals surface area contributed by atoms with Crippen molar-refractivity contribution in [3.63, 3.8) is 0 Å². The average molecular weight is 540 g/mol. The molecule has 1 aliphatic rings. The molecule has 1 aliphatic heterocycles. The zero-order valence-electron chi connectivity index (χ0n) is 20.0. The summed E-state index contributed by atoms with van der Waals surface area (Å²) in [6.07, 6.45) is 4.32. The lowest BCUT2D eigenvalue weighted by Crippen LogP contribution is -2.36. The maximum absolute atomic E-state index is 13.7. The molecular weight excluding hydrogens is 516 g/mol. The Morgan fingerprint density at radius 1 is 1.16 bits per heavy atom. The number of hydrogen-bond donors (Lipinski definition) is 2. The first-order valence-electron chi connectivity index (χ1n) is 11.8. The Bertz CT molecular complexity index is 1480. The van der Waals surface area contributed by atoms with Crippen molar-refractivity contribution >= 4 is 40.7 Å².